The molecule has 1 rings (SSSR count). The van der Waals surface area contributed by atoms with Crippen molar-refractivity contribution < 1.29 is 10.2 Å². The summed E-state index contributed by atoms with van der Waals surface area (Å²) in [6, 6.07) is 0. The zero-order valence-electron chi connectivity index (χ0n) is 9.65. The number of likely N-dealkylation sites (tertiary alicyclic amines) is 1. The van der Waals surface area contributed by atoms with Gasteiger partial charge in [0.1, 0.15) is 0 Å². The maximum absolute atomic E-state index is 9.84. The topological polar surface area (TPSA) is 69.7 Å². The van der Waals surface area contributed by atoms with Crippen LogP contribution in [0.2, 0.25) is 0 Å². The average molecular weight is 216 g/mol. The number of hydrogen-bond donors (Lipinski definition) is 3. The molecule has 0 amide bonds. The molecule has 0 aliphatic carbocycles. The number of rotatable bonds is 5. The Morgan fingerprint density at radius 2 is 1.93 bits per heavy atom. The van der Waals surface area contributed by atoms with Crippen LogP contribution in [0.25, 0.3) is 0 Å². The maximum atomic E-state index is 9.84. The van der Waals surface area contributed by atoms with E-state index in [-0.39, 0.29) is 6.61 Å². The highest BCUT2D eigenvalue weighted by Gasteiger charge is 2.23. The van der Waals surface area contributed by atoms with Gasteiger partial charge >= 0.3 is 0 Å². The molecule has 1 heterocycles. The average Bonchev–Trinajstić information content (AvgIpc) is 2.18. The van der Waals surface area contributed by atoms with Crippen molar-refractivity contribution in [3.8, 4) is 0 Å². The van der Waals surface area contributed by atoms with Gasteiger partial charge in [-0.3, -0.25) is 0 Å². The Balaban J connectivity index is 2.25. The minimum atomic E-state index is -0.658. The lowest BCUT2D eigenvalue weighted by molar-refractivity contribution is 0.0650. The van der Waals surface area contributed by atoms with E-state index in [0.29, 0.717) is 13.0 Å². The Morgan fingerprint density at radius 3 is 2.47 bits per heavy atom. The van der Waals surface area contributed by atoms with Gasteiger partial charge in [0.15, 0.2) is 0 Å². The van der Waals surface area contributed by atoms with Crippen LogP contribution in [0.1, 0.15) is 32.6 Å². The van der Waals surface area contributed by atoms with E-state index in [1.807, 2.05) is 0 Å². The standard InChI is InChI=1S/C11H24N2O2/c1-11(12,9-14)7-10(15)8-13-5-3-2-4-6-13/h10,14-15H,2-9,12H2,1H3. The fraction of sp³-hybridized carbons (Fsp3) is 1.00. The van der Waals surface area contributed by atoms with E-state index in [2.05, 4.69) is 4.90 Å². The Morgan fingerprint density at radius 1 is 1.33 bits per heavy atom. The monoisotopic (exact) mass is 216 g/mol. The van der Waals surface area contributed by atoms with E-state index in [4.69, 9.17) is 10.8 Å². The molecule has 15 heavy (non-hydrogen) atoms. The van der Waals surface area contributed by atoms with Crippen molar-refractivity contribution in [3.63, 3.8) is 0 Å². The zero-order chi connectivity index (χ0) is 11.3. The molecular formula is C11H24N2O2. The predicted molar refractivity (Wildman–Crippen MR) is 60.6 cm³/mol. The van der Waals surface area contributed by atoms with Crippen LogP contribution in [0.5, 0.6) is 0 Å². The summed E-state index contributed by atoms with van der Waals surface area (Å²) >= 11 is 0. The number of aliphatic hydroxyl groups is 2. The van der Waals surface area contributed by atoms with Crippen LogP contribution in [0, 0.1) is 0 Å². The van der Waals surface area contributed by atoms with Crippen LogP contribution in [-0.2, 0) is 0 Å². The van der Waals surface area contributed by atoms with Crippen molar-refractivity contribution in [2.75, 3.05) is 26.2 Å². The highest BCUT2D eigenvalue weighted by atomic mass is 16.3. The lowest BCUT2D eigenvalue weighted by Gasteiger charge is -2.31. The summed E-state index contributed by atoms with van der Waals surface area (Å²) in [6.45, 7) is 4.54. The molecule has 90 valence electrons. The number of aliphatic hydroxyl groups excluding tert-OH is 2. The van der Waals surface area contributed by atoms with Gasteiger partial charge in [-0.05, 0) is 39.3 Å². The van der Waals surface area contributed by atoms with E-state index in [9.17, 15) is 5.11 Å². The van der Waals surface area contributed by atoms with E-state index in [0.717, 1.165) is 13.1 Å². The van der Waals surface area contributed by atoms with Crippen molar-refractivity contribution in [2.24, 2.45) is 5.73 Å². The summed E-state index contributed by atoms with van der Waals surface area (Å²) in [7, 11) is 0. The Kier molecular flexibility index (Phi) is 4.99. The van der Waals surface area contributed by atoms with Gasteiger partial charge < -0.3 is 20.8 Å². The second-order valence-electron chi connectivity index (χ2n) is 5.03. The molecule has 4 nitrogen and oxygen atoms in total. The van der Waals surface area contributed by atoms with E-state index >= 15 is 0 Å². The van der Waals surface area contributed by atoms with Crippen molar-refractivity contribution in [1.29, 1.82) is 0 Å². The second-order valence-corrected chi connectivity index (χ2v) is 5.03. The fourth-order valence-corrected chi connectivity index (χ4v) is 2.11. The highest BCUT2D eigenvalue weighted by molar-refractivity contribution is 4.82. The second kappa shape index (κ2) is 5.80. The van der Waals surface area contributed by atoms with Crippen molar-refractivity contribution in [2.45, 2.75) is 44.2 Å². The molecule has 0 aromatic carbocycles. The molecule has 1 fully saturated rings. The summed E-state index contributed by atoms with van der Waals surface area (Å²) < 4.78 is 0. The molecule has 0 aromatic rings. The van der Waals surface area contributed by atoms with Gasteiger partial charge in [-0.2, -0.15) is 0 Å². The van der Waals surface area contributed by atoms with Gasteiger partial charge in [-0.1, -0.05) is 6.42 Å². The van der Waals surface area contributed by atoms with Crippen molar-refractivity contribution >= 4 is 0 Å². The third kappa shape index (κ3) is 4.93. The van der Waals surface area contributed by atoms with Crippen molar-refractivity contribution in [3.05, 3.63) is 0 Å². The number of nitrogens with two attached hydrogens (primary N) is 1. The number of β-amino-alcohol motifs (C(OH)–C–C–N with tert-alkyl or cyclic N) is 1. The quantitative estimate of drug-likeness (QED) is 0.602. The van der Waals surface area contributed by atoms with E-state index in [1.54, 1.807) is 6.92 Å². The first-order valence-electron chi connectivity index (χ1n) is 5.84. The van der Waals surface area contributed by atoms with Crippen LogP contribution in [0.4, 0.5) is 0 Å². The molecule has 0 radical (unpaired) electrons. The third-order valence-corrected chi connectivity index (χ3v) is 2.98. The normalized spacial score (nSPS) is 24.8. The minimum Gasteiger partial charge on any atom is -0.394 e. The summed E-state index contributed by atoms with van der Waals surface area (Å²) in [6.07, 6.45) is 3.79. The van der Waals surface area contributed by atoms with E-state index in [1.165, 1.54) is 19.3 Å². The Hall–Kier alpha value is -0.160. The molecule has 2 unspecified atom stereocenters. The lowest BCUT2D eigenvalue weighted by Crippen LogP contribution is -2.46. The minimum absolute atomic E-state index is 0.0793. The van der Waals surface area contributed by atoms with Gasteiger partial charge in [0.05, 0.1) is 12.7 Å². The Labute approximate surface area is 92.1 Å². The summed E-state index contributed by atoms with van der Waals surface area (Å²) in [4.78, 5) is 2.28. The molecule has 0 saturated carbocycles. The number of piperidine rings is 1. The first-order chi connectivity index (χ1) is 7.03. The van der Waals surface area contributed by atoms with Crippen molar-refractivity contribution in [1.82, 2.24) is 4.90 Å². The molecule has 0 bridgehead atoms. The molecule has 0 aromatic heterocycles. The van der Waals surface area contributed by atoms with Gasteiger partial charge in [0, 0.05) is 12.1 Å². The first kappa shape index (κ1) is 12.9. The lowest BCUT2D eigenvalue weighted by atomic mass is 9.96. The van der Waals surface area contributed by atoms with Gasteiger partial charge in [0.25, 0.3) is 0 Å². The van der Waals surface area contributed by atoms with Gasteiger partial charge in [0.2, 0.25) is 0 Å². The largest absolute Gasteiger partial charge is 0.394 e. The SMILES string of the molecule is CC(N)(CO)CC(O)CN1CCCCC1. The highest BCUT2D eigenvalue weighted by Crippen LogP contribution is 2.13. The van der Waals surface area contributed by atoms with Crippen LogP contribution >= 0.6 is 0 Å². The van der Waals surface area contributed by atoms with Crippen LogP contribution in [0.15, 0.2) is 0 Å². The fourth-order valence-electron chi connectivity index (χ4n) is 2.11. The van der Waals surface area contributed by atoms with Crippen LogP contribution in [-0.4, -0.2) is 53.0 Å². The smallest absolute Gasteiger partial charge is 0.0685 e. The van der Waals surface area contributed by atoms with Crippen LogP contribution in [0.3, 0.4) is 0 Å². The number of hydrogen-bond acceptors (Lipinski definition) is 4. The molecule has 1 aliphatic rings. The first-order valence-corrected chi connectivity index (χ1v) is 5.84. The van der Waals surface area contributed by atoms with E-state index < -0.39 is 11.6 Å². The summed E-state index contributed by atoms with van der Waals surface area (Å²) in [5.74, 6) is 0. The molecule has 1 aliphatic heterocycles. The third-order valence-electron chi connectivity index (χ3n) is 2.98. The molecule has 2 atom stereocenters. The summed E-state index contributed by atoms with van der Waals surface area (Å²) in [5, 5.41) is 18.8. The molecule has 1 saturated heterocycles. The van der Waals surface area contributed by atoms with Gasteiger partial charge in [-0.15, -0.1) is 0 Å². The summed E-state index contributed by atoms with van der Waals surface area (Å²) in [5.41, 5.74) is 5.14. The molecule has 0 spiro atoms. The Bertz CT molecular complexity index is 179. The molecule has 4 N–H and O–H groups in total. The van der Waals surface area contributed by atoms with Crippen LogP contribution < -0.4 is 5.73 Å². The zero-order valence-corrected chi connectivity index (χ0v) is 9.65. The number of nitrogens with zero attached hydrogens (tertiary/aromatic N) is 1. The van der Waals surface area contributed by atoms with Gasteiger partial charge in [-0.25, -0.2) is 0 Å². The molecule has 4 heteroatoms. The predicted octanol–water partition coefficient (Wildman–Crippen LogP) is -0.0670. The maximum Gasteiger partial charge on any atom is 0.0685 e. The molecular weight excluding hydrogens is 192 g/mol.